The summed E-state index contributed by atoms with van der Waals surface area (Å²) in [6.45, 7) is 1.65. The van der Waals surface area contributed by atoms with E-state index in [1.165, 1.54) is 0 Å². The lowest BCUT2D eigenvalue weighted by molar-refractivity contribution is -0.445. The van der Waals surface area contributed by atoms with E-state index in [-0.39, 0.29) is 12.2 Å². The predicted molar refractivity (Wildman–Crippen MR) is 106 cm³/mol. The van der Waals surface area contributed by atoms with E-state index in [4.69, 9.17) is 4.74 Å². The van der Waals surface area contributed by atoms with E-state index in [0.717, 1.165) is 5.32 Å². The highest BCUT2D eigenvalue weighted by molar-refractivity contribution is 6.22. The van der Waals surface area contributed by atoms with E-state index in [2.05, 4.69) is 11.6 Å². The molecule has 0 spiro atoms. The molecule has 1 N–H and O–H groups in total. The number of alkyl halides is 17. The number of halogens is 17. The second-order valence-electron chi connectivity index (χ2n) is 8.04. The van der Waals surface area contributed by atoms with Crippen molar-refractivity contribution in [3.8, 4) is 0 Å². The summed E-state index contributed by atoms with van der Waals surface area (Å²) in [5.74, 6) is -62.0. The second-order valence-corrected chi connectivity index (χ2v) is 8.51. The van der Waals surface area contributed by atoms with Crippen molar-refractivity contribution >= 4 is 29.2 Å². The molecule has 0 aliphatic carbocycles. The number of esters is 1. The molecule has 1 amide bonds. The molecular formula is C20H14ClF16NO3. The van der Waals surface area contributed by atoms with Crippen LogP contribution in [0.2, 0.25) is 0 Å². The number of ether oxygens (including phenoxy) is 1. The Kier molecular flexibility index (Phi) is 9.93. The van der Waals surface area contributed by atoms with Crippen molar-refractivity contribution in [3.05, 3.63) is 29.8 Å². The number of hydrogen-bond donors (Lipinski definition) is 1. The highest BCUT2D eigenvalue weighted by Gasteiger charge is 2.95. The Balaban J connectivity index is 3.38. The number of anilines is 1. The van der Waals surface area contributed by atoms with Crippen LogP contribution in [0.5, 0.6) is 0 Å². The molecule has 4 nitrogen and oxygen atoms in total. The molecule has 1 aromatic carbocycles. The van der Waals surface area contributed by atoms with Crippen molar-refractivity contribution in [3.63, 3.8) is 0 Å². The van der Waals surface area contributed by atoms with Gasteiger partial charge in [0.15, 0.2) is 0 Å². The first kappa shape index (κ1) is 36.4. The highest BCUT2D eigenvalue weighted by Crippen LogP contribution is 2.64. The molecule has 0 aliphatic rings. The largest absolute Gasteiger partial charge is 0.462 e. The van der Waals surface area contributed by atoms with Crippen LogP contribution in [0.4, 0.5) is 75.9 Å². The van der Waals surface area contributed by atoms with Crippen LogP contribution >= 0.6 is 11.6 Å². The van der Waals surface area contributed by atoms with Crippen molar-refractivity contribution in [2.75, 3.05) is 11.9 Å². The predicted octanol–water partition coefficient (Wildman–Crippen LogP) is 7.86. The maximum absolute atomic E-state index is 14.0. The summed E-state index contributed by atoms with van der Waals surface area (Å²) in [6, 6.07) is 2.35. The number of carbonyl (C=O) groups is 2. The average Bonchev–Trinajstić information content (AvgIpc) is 2.83. The summed E-state index contributed by atoms with van der Waals surface area (Å²) in [4.78, 5) is 23.3. The zero-order valence-corrected chi connectivity index (χ0v) is 20.3. The first-order chi connectivity index (χ1) is 18.1. The van der Waals surface area contributed by atoms with Gasteiger partial charge < -0.3 is 10.1 Å². The van der Waals surface area contributed by atoms with Gasteiger partial charge in [-0.25, -0.2) is 4.79 Å². The fourth-order valence-electron chi connectivity index (χ4n) is 2.60. The Morgan fingerprint density at radius 2 is 1.07 bits per heavy atom. The smallest absolute Gasteiger partial charge is 0.393 e. The van der Waals surface area contributed by atoms with E-state index in [1.54, 1.807) is 6.92 Å². The van der Waals surface area contributed by atoms with Gasteiger partial charge in [0.05, 0.1) is 12.2 Å². The summed E-state index contributed by atoms with van der Waals surface area (Å²) in [7, 11) is 0. The van der Waals surface area contributed by atoms with Gasteiger partial charge >= 0.3 is 58.7 Å². The lowest BCUT2D eigenvalue weighted by Gasteiger charge is -2.42. The number of benzene rings is 1. The number of nitrogens with one attached hydrogen (secondary N) is 1. The molecule has 0 unspecified atom stereocenters. The summed E-state index contributed by atoms with van der Waals surface area (Å²) in [6.07, 6.45) is 1.01. The molecule has 1 rings (SSSR count). The number of rotatable bonds is 13. The lowest BCUT2D eigenvalue weighted by Crippen LogP contribution is -2.75. The Bertz CT molecular complexity index is 1100. The van der Waals surface area contributed by atoms with Gasteiger partial charge in [-0.2, -0.15) is 70.2 Å². The minimum Gasteiger partial charge on any atom is -0.462 e. The summed E-state index contributed by atoms with van der Waals surface area (Å²) >= 11 is 3.44. The van der Waals surface area contributed by atoms with Gasteiger partial charge in [-0.15, -0.1) is 0 Å². The van der Waals surface area contributed by atoms with Gasteiger partial charge in [-0.3, -0.25) is 4.79 Å². The first-order valence-corrected chi connectivity index (χ1v) is 10.8. The number of carbonyl (C=O) groups excluding carboxylic acids is 2. The molecule has 0 saturated heterocycles. The SMILES string of the molecule is CCCCOC(=O)c1ccc(NC(=O)C(F)(F)C(F)(F)C(F)(F)C(F)(F)C(F)(F)C(F)(F)C(F)(F)C(F)(F)Cl)cc1. The maximum Gasteiger partial charge on any atom is 0.393 e. The van der Waals surface area contributed by atoms with Crippen molar-refractivity contribution in [1.29, 1.82) is 0 Å². The van der Waals surface area contributed by atoms with Gasteiger partial charge in [-0.1, -0.05) is 13.3 Å². The molecule has 1 aromatic rings. The molecule has 0 aromatic heterocycles. The van der Waals surface area contributed by atoms with E-state index in [9.17, 15) is 79.8 Å². The Hall–Kier alpha value is -2.67. The molecule has 41 heavy (non-hydrogen) atoms. The molecule has 0 aliphatic heterocycles. The van der Waals surface area contributed by atoms with Gasteiger partial charge in [0.1, 0.15) is 0 Å². The topological polar surface area (TPSA) is 55.4 Å². The molecule has 0 fully saturated rings. The van der Waals surface area contributed by atoms with E-state index >= 15 is 0 Å². The second kappa shape index (κ2) is 11.2. The Morgan fingerprint density at radius 3 is 1.46 bits per heavy atom. The highest BCUT2D eigenvalue weighted by atomic mass is 35.5. The van der Waals surface area contributed by atoms with Crippen LogP contribution in [-0.2, 0) is 9.53 Å². The van der Waals surface area contributed by atoms with Crippen LogP contribution in [0.25, 0.3) is 0 Å². The van der Waals surface area contributed by atoms with E-state index in [1.807, 2.05) is 0 Å². The summed E-state index contributed by atoms with van der Waals surface area (Å²) in [5.41, 5.74) is -1.38. The van der Waals surface area contributed by atoms with Crippen molar-refractivity contribution in [1.82, 2.24) is 0 Å². The normalized spacial score (nSPS) is 14.6. The third kappa shape index (κ3) is 5.84. The van der Waals surface area contributed by atoms with Crippen LogP contribution in [0.15, 0.2) is 24.3 Å². The first-order valence-electron chi connectivity index (χ1n) is 10.4. The van der Waals surface area contributed by atoms with Crippen LogP contribution in [0.3, 0.4) is 0 Å². The van der Waals surface area contributed by atoms with Crippen LogP contribution in [0, 0.1) is 0 Å². The monoisotopic (exact) mass is 655 g/mol. The van der Waals surface area contributed by atoms with Crippen molar-refractivity contribution in [2.45, 2.75) is 66.6 Å². The van der Waals surface area contributed by atoms with Gasteiger partial charge in [0.25, 0.3) is 0 Å². The zero-order chi connectivity index (χ0) is 32.7. The lowest BCUT2D eigenvalue weighted by atomic mass is 9.89. The molecule has 0 atom stereocenters. The quantitative estimate of drug-likeness (QED) is 0.102. The Morgan fingerprint density at radius 1 is 0.683 bits per heavy atom. The number of unbranched alkanes of at least 4 members (excludes halogenated alkanes) is 1. The zero-order valence-electron chi connectivity index (χ0n) is 19.6. The minimum atomic E-state index is -8.68. The number of hydrogen-bond acceptors (Lipinski definition) is 3. The van der Waals surface area contributed by atoms with E-state index < -0.39 is 64.4 Å². The fraction of sp³-hybridized carbons (Fsp3) is 0.600. The van der Waals surface area contributed by atoms with Crippen molar-refractivity contribution in [2.24, 2.45) is 0 Å². The summed E-state index contributed by atoms with van der Waals surface area (Å²) < 4.78 is 221. The molecule has 0 radical (unpaired) electrons. The molecule has 0 heterocycles. The average molecular weight is 656 g/mol. The third-order valence-electron chi connectivity index (χ3n) is 5.12. The molecule has 236 valence electrons. The molecule has 0 bridgehead atoms. The minimum absolute atomic E-state index is 0.0785. The third-order valence-corrected chi connectivity index (χ3v) is 5.35. The van der Waals surface area contributed by atoms with Crippen molar-refractivity contribution < 1.29 is 84.6 Å². The molecule has 0 saturated carbocycles. The molecule has 21 heteroatoms. The van der Waals surface area contributed by atoms with Gasteiger partial charge in [-0.05, 0) is 42.3 Å². The van der Waals surface area contributed by atoms with E-state index in [0.29, 0.717) is 37.1 Å². The maximum atomic E-state index is 14.0. The van der Waals surface area contributed by atoms with Gasteiger partial charge in [0.2, 0.25) is 0 Å². The standard InChI is InChI=1S/C20H14ClF16NO3/c1-2-3-8-41-11(39)9-4-6-10(7-5-9)38-12(40)13(22,23)14(24,25)15(26,27)16(28,29)17(30,31)18(32,33)19(34,35)20(21,36)37/h4-7H,2-3,8H2,1H3,(H,38,40). The Labute approximate surface area is 222 Å². The van der Waals surface area contributed by atoms with Crippen LogP contribution in [-0.4, -0.2) is 65.3 Å². The summed E-state index contributed by atoms with van der Waals surface area (Å²) in [5, 5.41) is -6.12. The van der Waals surface area contributed by atoms with Gasteiger partial charge in [0, 0.05) is 5.69 Å². The van der Waals surface area contributed by atoms with Crippen LogP contribution in [0.1, 0.15) is 30.1 Å². The van der Waals surface area contributed by atoms with Crippen LogP contribution < -0.4 is 5.32 Å². The molecular weight excluding hydrogens is 642 g/mol. The number of amides is 1. The fourth-order valence-corrected chi connectivity index (χ4v) is 2.72.